The summed E-state index contributed by atoms with van der Waals surface area (Å²) in [6, 6.07) is 1.88. The summed E-state index contributed by atoms with van der Waals surface area (Å²) in [5.74, 6) is 1.39. The molecule has 1 unspecified atom stereocenters. The third-order valence-electron chi connectivity index (χ3n) is 2.33. The lowest BCUT2D eigenvalue weighted by Gasteiger charge is -2.11. The van der Waals surface area contributed by atoms with Gasteiger partial charge in [0.25, 0.3) is 0 Å². The van der Waals surface area contributed by atoms with Crippen LogP contribution in [0, 0.1) is 6.92 Å². The van der Waals surface area contributed by atoms with Gasteiger partial charge in [0, 0.05) is 32.0 Å². The molecule has 6 nitrogen and oxygen atoms in total. The monoisotopic (exact) mass is 254 g/mol. The second kappa shape index (κ2) is 7.84. The number of aliphatic hydroxyl groups is 1. The zero-order valence-electron chi connectivity index (χ0n) is 11.2. The number of hydrogen-bond acceptors (Lipinski definition) is 6. The molecule has 1 aromatic rings. The molecule has 0 radical (unpaired) electrons. The Balaban J connectivity index is 2.46. The van der Waals surface area contributed by atoms with Gasteiger partial charge in [-0.2, -0.15) is 4.98 Å². The van der Waals surface area contributed by atoms with Crippen molar-refractivity contribution < 1.29 is 9.84 Å². The molecule has 0 saturated heterocycles. The first-order valence-corrected chi connectivity index (χ1v) is 6.16. The van der Waals surface area contributed by atoms with Crippen molar-refractivity contribution in [3.8, 4) is 0 Å². The lowest BCUT2D eigenvalue weighted by Crippen LogP contribution is -2.19. The van der Waals surface area contributed by atoms with Crippen molar-refractivity contribution in [2.45, 2.75) is 26.4 Å². The fourth-order valence-corrected chi connectivity index (χ4v) is 1.54. The summed E-state index contributed by atoms with van der Waals surface area (Å²) < 4.78 is 4.86. The van der Waals surface area contributed by atoms with Crippen LogP contribution in [0.25, 0.3) is 0 Å². The van der Waals surface area contributed by atoms with E-state index in [9.17, 15) is 5.11 Å². The average Bonchev–Trinajstić information content (AvgIpc) is 2.29. The summed E-state index contributed by atoms with van der Waals surface area (Å²) in [6.07, 6.45) is 0.173. The van der Waals surface area contributed by atoms with Crippen LogP contribution < -0.4 is 10.6 Å². The van der Waals surface area contributed by atoms with Crippen LogP contribution in [0.2, 0.25) is 0 Å². The SMILES string of the molecule is CCNc1nc(C)cc(NCCC(O)COC)n1. The Bertz CT molecular complexity index is 360. The molecule has 0 aromatic carbocycles. The molecular formula is C12H22N4O2. The third-order valence-corrected chi connectivity index (χ3v) is 2.33. The van der Waals surface area contributed by atoms with E-state index in [1.54, 1.807) is 7.11 Å². The summed E-state index contributed by atoms with van der Waals surface area (Å²) in [7, 11) is 1.58. The lowest BCUT2D eigenvalue weighted by atomic mass is 10.2. The zero-order valence-corrected chi connectivity index (χ0v) is 11.2. The number of rotatable bonds is 8. The number of anilines is 2. The van der Waals surface area contributed by atoms with Gasteiger partial charge in [-0.05, 0) is 20.3 Å². The van der Waals surface area contributed by atoms with Gasteiger partial charge in [0.2, 0.25) is 5.95 Å². The van der Waals surface area contributed by atoms with E-state index < -0.39 is 6.10 Å². The third kappa shape index (κ3) is 5.29. The van der Waals surface area contributed by atoms with Gasteiger partial charge < -0.3 is 20.5 Å². The molecule has 1 heterocycles. The normalized spacial score (nSPS) is 12.2. The van der Waals surface area contributed by atoms with Gasteiger partial charge in [0.05, 0.1) is 12.7 Å². The van der Waals surface area contributed by atoms with E-state index in [0.717, 1.165) is 18.1 Å². The molecule has 6 heteroatoms. The fraction of sp³-hybridized carbons (Fsp3) is 0.667. The van der Waals surface area contributed by atoms with Gasteiger partial charge in [-0.25, -0.2) is 4.98 Å². The molecule has 0 aliphatic rings. The molecule has 0 spiro atoms. The molecule has 1 rings (SSSR count). The van der Waals surface area contributed by atoms with Crippen LogP contribution in [0.5, 0.6) is 0 Å². The van der Waals surface area contributed by atoms with Crippen molar-refractivity contribution in [1.82, 2.24) is 9.97 Å². The Morgan fingerprint density at radius 2 is 2.17 bits per heavy atom. The van der Waals surface area contributed by atoms with E-state index in [4.69, 9.17) is 4.74 Å². The second-order valence-corrected chi connectivity index (χ2v) is 4.07. The molecule has 1 atom stereocenters. The van der Waals surface area contributed by atoms with Crippen molar-refractivity contribution in [3.63, 3.8) is 0 Å². The van der Waals surface area contributed by atoms with E-state index in [0.29, 0.717) is 25.5 Å². The topological polar surface area (TPSA) is 79.3 Å². The van der Waals surface area contributed by atoms with Crippen molar-refractivity contribution in [2.75, 3.05) is 37.4 Å². The molecule has 102 valence electrons. The summed E-state index contributed by atoms with van der Waals surface area (Å²) in [5.41, 5.74) is 0.904. The van der Waals surface area contributed by atoms with Crippen LogP contribution in [0.4, 0.5) is 11.8 Å². The first-order chi connectivity index (χ1) is 8.65. The quantitative estimate of drug-likeness (QED) is 0.643. The molecule has 0 fully saturated rings. The molecule has 0 amide bonds. The van der Waals surface area contributed by atoms with Crippen molar-refractivity contribution >= 4 is 11.8 Å². The van der Waals surface area contributed by atoms with Gasteiger partial charge in [-0.15, -0.1) is 0 Å². The summed E-state index contributed by atoms with van der Waals surface area (Å²) in [4.78, 5) is 8.58. The first kappa shape index (κ1) is 14.7. The summed E-state index contributed by atoms with van der Waals surface area (Å²) in [5, 5.41) is 15.8. The number of aromatic nitrogens is 2. The molecule has 18 heavy (non-hydrogen) atoms. The van der Waals surface area contributed by atoms with Gasteiger partial charge in [0.1, 0.15) is 5.82 Å². The lowest BCUT2D eigenvalue weighted by molar-refractivity contribution is 0.0615. The smallest absolute Gasteiger partial charge is 0.224 e. The highest BCUT2D eigenvalue weighted by Gasteiger charge is 2.04. The highest BCUT2D eigenvalue weighted by atomic mass is 16.5. The minimum absolute atomic E-state index is 0.354. The van der Waals surface area contributed by atoms with Crippen LogP contribution in [0.3, 0.4) is 0 Å². The predicted octanol–water partition coefficient (Wildman–Crippen LogP) is 1.03. The van der Waals surface area contributed by atoms with E-state index in [1.807, 2.05) is 19.9 Å². The second-order valence-electron chi connectivity index (χ2n) is 4.07. The number of aliphatic hydroxyl groups excluding tert-OH is 1. The molecule has 0 aliphatic heterocycles. The van der Waals surface area contributed by atoms with Crippen LogP contribution >= 0.6 is 0 Å². The Hall–Kier alpha value is -1.40. The average molecular weight is 254 g/mol. The molecule has 0 bridgehead atoms. The van der Waals surface area contributed by atoms with Crippen molar-refractivity contribution in [2.24, 2.45) is 0 Å². The van der Waals surface area contributed by atoms with Crippen LogP contribution in [0.1, 0.15) is 19.0 Å². The first-order valence-electron chi connectivity index (χ1n) is 6.16. The van der Waals surface area contributed by atoms with Crippen LogP contribution in [-0.2, 0) is 4.74 Å². The Labute approximate surface area is 108 Å². The number of ether oxygens (including phenoxy) is 1. The maximum atomic E-state index is 9.51. The maximum absolute atomic E-state index is 9.51. The molecular weight excluding hydrogens is 232 g/mol. The van der Waals surface area contributed by atoms with Crippen LogP contribution in [-0.4, -0.2) is 48.0 Å². The number of aryl methyl sites for hydroxylation is 1. The summed E-state index contributed by atoms with van der Waals surface area (Å²) >= 11 is 0. The summed E-state index contributed by atoms with van der Waals surface area (Å²) in [6.45, 7) is 5.71. The molecule has 3 N–H and O–H groups in total. The standard InChI is InChI=1S/C12H22N4O2/c1-4-13-12-15-9(2)7-11(16-12)14-6-5-10(17)8-18-3/h7,10,17H,4-6,8H2,1-3H3,(H2,13,14,15,16). The van der Waals surface area contributed by atoms with Gasteiger partial charge in [-0.3, -0.25) is 0 Å². The van der Waals surface area contributed by atoms with E-state index in [-0.39, 0.29) is 0 Å². The van der Waals surface area contributed by atoms with E-state index in [1.165, 1.54) is 0 Å². The number of methoxy groups -OCH3 is 1. The van der Waals surface area contributed by atoms with Crippen molar-refractivity contribution in [1.29, 1.82) is 0 Å². The minimum Gasteiger partial charge on any atom is -0.391 e. The maximum Gasteiger partial charge on any atom is 0.224 e. The fourth-order valence-electron chi connectivity index (χ4n) is 1.54. The molecule has 1 aromatic heterocycles. The number of nitrogens with zero attached hydrogens (tertiary/aromatic N) is 2. The van der Waals surface area contributed by atoms with E-state index >= 15 is 0 Å². The molecule has 0 aliphatic carbocycles. The molecule has 0 saturated carbocycles. The van der Waals surface area contributed by atoms with Crippen molar-refractivity contribution in [3.05, 3.63) is 11.8 Å². The minimum atomic E-state index is -0.446. The Morgan fingerprint density at radius 3 is 2.83 bits per heavy atom. The highest BCUT2D eigenvalue weighted by Crippen LogP contribution is 2.09. The number of nitrogens with one attached hydrogen (secondary N) is 2. The van der Waals surface area contributed by atoms with Gasteiger partial charge >= 0.3 is 0 Å². The van der Waals surface area contributed by atoms with Gasteiger partial charge in [0.15, 0.2) is 0 Å². The van der Waals surface area contributed by atoms with E-state index in [2.05, 4.69) is 20.6 Å². The highest BCUT2D eigenvalue weighted by molar-refractivity contribution is 5.41. The zero-order chi connectivity index (χ0) is 13.4. The van der Waals surface area contributed by atoms with Gasteiger partial charge in [-0.1, -0.05) is 0 Å². The predicted molar refractivity (Wildman–Crippen MR) is 71.9 cm³/mol. The number of hydrogen-bond donors (Lipinski definition) is 3. The Kier molecular flexibility index (Phi) is 6.38. The Morgan fingerprint density at radius 1 is 1.39 bits per heavy atom. The van der Waals surface area contributed by atoms with Crippen LogP contribution in [0.15, 0.2) is 6.07 Å². The largest absolute Gasteiger partial charge is 0.391 e.